The molecular weight excluding hydrogens is 212 g/mol. The predicted octanol–water partition coefficient (Wildman–Crippen LogP) is 3.52. The summed E-state index contributed by atoms with van der Waals surface area (Å²) in [5, 5.41) is 3.20. The number of anilines is 1. The molecule has 0 amide bonds. The van der Waals surface area contributed by atoms with Crippen molar-refractivity contribution in [2.24, 2.45) is 5.92 Å². The average molecular weight is 234 g/mol. The molecule has 0 atom stereocenters. The van der Waals surface area contributed by atoms with E-state index < -0.39 is 0 Å². The fourth-order valence-corrected chi connectivity index (χ4v) is 1.50. The highest BCUT2D eigenvalue weighted by Gasteiger charge is 2.07. The summed E-state index contributed by atoms with van der Waals surface area (Å²) in [4.78, 5) is 16.1. The third-order valence-corrected chi connectivity index (χ3v) is 2.47. The Morgan fingerprint density at radius 2 is 2.00 bits per heavy atom. The van der Waals surface area contributed by atoms with Crippen molar-refractivity contribution in [1.29, 1.82) is 0 Å². The number of carbonyl (C=O) groups is 1. The van der Waals surface area contributed by atoms with Gasteiger partial charge in [0.2, 0.25) is 0 Å². The van der Waals surface area contributed by atoms with E-state index in [4.69, 9.17) is 0 Å². The summed E-state index contributed by atoms with van der Waals surface area (Å²) in [5.41, 5.74) is 0.708. The summed E-state index contributed by atoms with van der Waals surface area (Å²) in [7, 11) is 0. The van der Waals surface area contributed by atoms with Crippen LogP contribution in [0.2, 0.25) is 0 Å². The summed E-state index contributed by atoms with van der Waals surface area (Å²) in [5.74, 6) is 1.57. The van der Waals surface area contributed by atoms with Crippen LogP contribution >= 0.6 is 0 Å². The van der Waals surface area contributed by atoms with E-state index in [0.29, 0.717) is 23.9 Å². The number of hydrogen-bond donors (Lipinski definition) is 1. The van der Waals surface area contributed by atoms with Gasteiger partial charge in [-0.15, -0.1) is 0 Å². The molecule has 1 rings (SSSR count). The molecule has 0 aliphatic heterocycles. The van der Waals surface area contributed by atoms with E-state index in [2.05, 4.69) is 38.0 Å². The monoisotopic (exact) mass is 234 g/mol. The van der Waals surface area contributed by atoms with Crippen LogP contribution in [0.15, 0.2) is 18.3 Å². The van der Waals surface area contributed by atoms with Crippen LogP contribution in [0.5, 0.6) is 0 Å². The molecule has 0 saturated carbocycles. The maximum atomic E-state index is 11.8. The molecule has 17 heavy (non-hydrogen) atoms. The SMILES string of the molecule is CC(C)CCC(=O)c1ccc(NC(C)C)nc1. The number of aromatic nitrogens is 1. The molecule has 0 saturated heterocycles. The second-order valence-corrected chi connectivity index (χ2v) is 5.09. The van der Waals surface area contributed by atoms with E-state index in [0.717, 1.165) is 12.2 Å². The van der Waals surface area contributed by atoms with Gasteiger partial charge in [0, 0.05) is 24.2 Å². The third kappa shape index (κ3) is 4.98. The number of ketones is 1. The second-order valence-electron chi connectivity index (χ2n) is 5.09. The summed E-state index contributed by atoms with van der Waals surface area (Å²) < 4.78 is 0. The van der Waals surface area contributed by atoms with E-state index >= 15 is 0 Å². The van der Waals surface area contributed by atoms with Gasteiger partial charge in [0.05, 0.1) is 0 Å². The Kier molecular flexibility index (Phi) is 5.13. The van der Waals surface area contributed by atoms with Crippen molar-refractivity contribution in [2.75, 3.05) is 5.32 Å². The first-order valence-corrected chi connectivity index (χ1v) is 6.25. The van der Waals surface area contributed by atoms with E-state index in [9.17, 15) is 4.79 Å². The standard InChI is InChI=1S/C14H22N2O/c1-10(2)5-7-13(17)12-6-8-14(15-9-12)16-11(3)4/h6,8-11H,5,7H2,1-4H3,(H,15,16). The minimum atomic E-state index is 0.183. The molecule has 1 heterocycles. The lowest BCUT2D eigenvalue weighted by Gasteiger charge is -2.09. The van der Waals surface area contributed by atoms with Crippen LogP contribution in [0.25, 0.3) is 0 Å². The van der Waals surface area contributed by atoms with Gasteiger partial charge in [-0.25, -0.2) is 4.98 Å². The van der Waals surface area contributed by atoms with Crippen molar-refractivity contribution >= 4 is 11.6 Å². The predicted molar refractivity (Wildman–Crippen MR) is 71.4 cm³/mol. The van der Waals surface area contributed by atoms with E-state index in [-0.39, 0.29) is 5.78 Å². The Morgan fingerprint density at radius 3 is 2.47 bits per heavy atom. The van der Waals surface area contributed by atoms with Gasteiger partial charge in [-0.1, -0.05) is 13.8 Å². The molecule has 94 valence electrons. The minimum Gasteiger partial charge on any atom is -0.368 e. The number of carbonyl (C=O) groups excluding carboxylic acids is 1. The van der Waals surface area contributed by atoms with E-state index in [1.165, 1.54) is 0 Å². The van der Waals surface area contributed by atoms with Crippen LogP contribution < -0.4 is 5.32 Å². The zero-order chi connectivity index (χ0) is 12.8. The molecule has 3 nitrogen and oxygen atoms in total. The van der Waals surface area contributed by atoms with Crippen molar-refractivity contribution in [3.05, 3.63) is 23.9 Å². The van der Waals surface area contributed by atoms with Gasteiger partial charge in [-0.05, 0) is 38.3 Å². The topological polar surface area (TPSA) is 42.0 Å². The average Bonchev–Trinajstić information content (AvgIpc) is 2.26. The molecule has 0 bridgehead atoms. The van der Waals surface area contributed by atoms with Crippen LogP contribution in [-0.4, -0.2) is 16.8 Å². The minimum absolute atomic E-state index is 0.183. The molecule has 1 aromatic heterocycles. The molecule has 0 radical (unpaired) electrons. The van der Waals surface area contributed by atoms with Gasteiger partial charge in [-0.3, -0.25) is 4.79 Å². The number of Topliss-reactive ketones (excluding diaryl/α,β-unsaturated/α-hetero) is 1. The molecule has 0 unspecified atom stereocenters. The van der Waals surface area contributed by atoms with Crippen LogP contribution in [0.3, 0.4) is 0 Å². The van der Waals surface area contributed by atoms with Crippen LogP contribution in [0, 0.1) is 5.92 Å². The number of hydrogen-bond acceptors (Lipinski definition) is 3. The van der Waals surface area contributed by atoms with Crippen molar-refractivity contribution in [2.45, 2.75) is 46.6 Å². The Morgan fingerprint density at radius 1 is 1.29 bits per heavy atom. The number of pyridine rings is 1. The quantitative estimate of drug-likeness (QED) is 0.766. The van der Waals surface area contributed by atoms with Gasteiger partial charge in [0.15, 0.2) is 5.78 Å². The maximum Gasteiger partial charge on any atom is 0.164 e. The highest BCUT2D eigenvalue weighted by Crippen LogP contribution is 2.11. The van der Waals surface area contributed by atoms with Crippen LogP contribution in [0.1, 0.15) is 50.9 Å². The summed E-state index contributed by atoms with van der Waals surface area (Å²) >= 11 is 0. The lowest BCUT2D eigenvalue weighted by Crippen LogP contribution is -2.11. The first kappa shape index (κ1) is 13.7. The molecule has 0 fully saturated rings. The zero-order valence-electron chi connectivity index (χ0n) is 11.2. The van der Waals surface area contributed by atoms with E-state index in [1.54, 1.807) is 6.20 Å². The summed E-state index contributed by atoms with van der Waals surface area (Å²) in [6.07, 6.45) is 3.20. The third-order valence-electron chi connectivity index (χ3n) is 2.47. The van der Waals surface area contributed by atoms with Crippen molar-refractivity contribution < 1.29 is 4.79 Å². The molecule has 0 spiro atoms. The second kappa shape index (κ2) is 6.38. The number of rotatable bonds is 6. The zero-order valence-corrected chi connectivity index (χ0v) is 11.2. The fourth-order valence-electron chi connectivity index (χ4n) is 1.50. The molecule has 0 aliphatic rings. The molecule has 0 aliphatic carbocycles. The molecule has 1 aromatic rings. The Labute approximate surface area is 104 Å². The van der Waals surface area contributed by atoms with Crippen molar-refractivity contribution in [1.82, 2.24) is 4.98 Å². The van der Waals surface area contributed by atoms with Gasteiger partial charge in [-0.2, -0.15) is 0 Å². The first-order valence-electron chi connectivity index (χ1n) is 6.25. The van der Waals surface area contributed by atoms with Gasteiger partial charge in [0.1, 0.15) is 5.82 Å². The largest absolute Gasteiger partial charge is 0.368 e. The van der Waals surface area contributed by atoms with Gasteiger partial charge >= 0.3 is 0 Å². The molecule has 0 aromatic carbocycles. The van der Waals surface area contributed by atoms with Gasteiger partial charge in [0.25, 0.3) is 0 Å². The summed E-state index contributed by atoms with van der Waals surface area (Å²) in [6.45, 7) is 8.37. The Bertz CT molecular complexity index is 355. The van der Waals surface area contributed by atoms with Gasteiger partial charge < -0.3 is 5.32 Å². The highest BCUT2D eigenvalue weighted by molar-refractivity contribution is 5.95. The molecule has 1 N–H and O–H groups in total. The lowest BCUT2D eigenvalue weighted by molar-refractivity contribution is 0.0975. The summed E-state index contributed by atoms with van der Waals surface area (Å²) in [6, 6.07) is 4.06. The van der Waals surface area contributed by atoms with Crippen molar-refractivity contribution in [3.63, 3.8) is 0 Å². The smallest absolute Gasteiger partial charge is 0.164 e. The lowest BCUT2D eigenvalue weighted by atomic mass is 10.0. The fraction of sp³-hybridized carbons (Fsp3) is 0.571. The normalized spacial score (nSPS) is 10.9. The number of nitrogens with zero attached hydrogens (tertiary/aromatic N) is 1. The van der Waals surface area contributed by atoms with Crippen molar-refractivity contribution in [3.8, 4) is 0 Å². The first-order chi connectivity index (χ1) is 7.99. The van der Waals surface area contributed by atoms with E-state index in [1.807, 2.05) is 12.1 Å². The Hall–Kier alpha value is -1.38. The van der Waals surface area contributed by atoms with Crippen LogP contribution in [-0.2, 0) is 0 Å². The van der Waals surface area contributed by atoms with Crippen LogP contribution in [0.4, 0.5) is 5.82 Å². The maximum absolute atomic E-state index is 11.8. The Balaban J connectivity index is 2.57. The number of nitrogens with one attached hydrogen (secondary N) is 1. The molecular formula is C14H22N2O. The highest BCUT2D eigenvalue weighted by atomic mass is 16.1. The molecule has 3 heteroatoms.